The fourth-order valence-electron chi connectivity index (χ4n) is 0.478. The molecule has 0 heterocycles. The molecule has 0 aliphatic rings. The highest BCUT2D eigenvalue weighted by Crippen LogP contribution is 1.85. The van der Waals surface area contributed by atoms with Crippen LogP contribution in [-0.4, -0.2) is 36.3 Å². The van der Waals surface area contributed by atoms with Gasteiger partial charge in [-0.2, -0.15) is 12.6 Å². The van der Waals surface area contributed by atoms with E-state index in [1.165, 1.54) is 6.29 Å². The molecule has 0 saturated carbocycles. The number of hydrogen-bond acceptors (Lipinski definition) is 5. The summed E-state index contributed by atoms with van der Waals surface area (Å²) in [4.78, 5) is 31.3. The van der Waals surface area contributed by atoms with Crippen LogP contribution in [0.4, 0.5) is 0 Å². The summed E-state index contributed by atoms with van der Waals surface area (Å²) in [5, 5.41) is 2.10. The molecule has 0 aliphatic heterocycles. The number of carbonyl (C=O) groups excluding carboxylic acids is 3. The van der Waals surface area contributed by atoms with E-state index in [2.05, 4.69) is 17.9 Å². The van der Waals surface area contributed by atoms with E-state index in [0.717, 1.165) is 0 Å². The molecule has 1 amide bonds. The van der Waals surface area contributed by atoms with Gasteiger partial charge in [-0.1, -0.05) is 0 Å². The van der Waals surface area contributed by atoms with Crippen molar-refractivity contribution in [2.24, 2.45) is 5.73 Å². The van der Waals surface area contributed by atoms with E-state index in [-0.39, 0.29) is 12.3 Å². The lowest BCUT2D eigenvalue weighted by Crippen LogP contribution is -2.47. The Kier molecular flexibility index (Phi) is 5.31. The molecule has 3 N–H and O–H groups in total. The molecular weight excluding hydrogens is 180 g/mol. The zero-order valence-corrected chi connectivity index (χ0v) is 7.14. The highest BCUT2D eigenvalue weighted by Gasteiger charge is 2.19. The number of nitrogens with two attached hydrogens (primary N) is 1. The minimum Gasteiger partial charge on any atom is -0.347 e. The summed E-state index contributed by atoms with van der Waals surface area (Å²) in [6.07, 6.45) is 1.44. The van der Waals surface area contributed by atoms with Crippen LogP contribution in [0.15, 0.2) is 0 Å². The molecule has 0 rings (SSSR count). The van der Waals surface area contributed by atoms with Crippen LogP contribution >= 0.6 is 12.6 Å². The molecule has 5 nitrogen and oxygen atoms in total. The fraction of sp³-hybridized carbons (Fsp3) is 0.500. The minimum atomic E-state index is -1.24. The topological polar surface area (TPSA) is 89.3 Å². The van der Waals surface area contributed by atoms with Crippen molar-refractivity contribution in [2.75, 3.05) is 12.3 Å². The van der Waals surface area contributed by atoms with Crippen molar-refractivity contribution in [3.63, 3.8) is 0 Å². The van der Waals surface area contributed by atoms with Gasteiger partial charge in [0, 0.05) is 0 Å². The largest absolute Gasteiger partial charge is 0.347 e. The number of thiol groups is 1. The van der Waals surface area contributed by atoms with Gasteiger partial charge in [0.05, 0.1) is 12.3 Å². The normalized spacial score (nSPS) is 11.8. The van der Waals surface area contributed by atoms with E-state index in [9.17, 15) is 14.4 Å². The van der Waals surface area contributed by atoms with Crippen molar-refractivity contribution >= 4 is 30.6 Å². The monoisotopic (exact) mass is 189 g/mol. The van der Waals surface area contributed by atoms with Gasteiger partial charge in [-0.25, -0.2) is 0 Å². The predicted molar refractivity (Wildman–Crippen MR) is 45.5 cm³/mol. The zero-order valence-electron chi connectivity index (χ0n) is 6.24. The molecule has 0 spiro atoms. The van der Waals surface area contributed by atoms with Gasteiger partial charge in [0.1, 0.15) is 6.04 Å². The summed E-state index contributed by atoms with van der Waals surface area (Å²) in [6, 6.07) is -1.24. The van der Waals surface area contributed by atoms with E-state index in [1.807, 2.05) is 0 Å². The highest BCUT2D eigenvalue weighted by molar-refractivity contribution is 7.81. The number of rotatable bonds is 5. The van der Waals surface area contributed by atoms with E-state index < -0.39 is 17.7 Å². The van der Waals surface area contributed by atoms with E-state index >= 15 is 0 Å². The maximum Gasteiger partial charge on any atom is 0.245 e. The van der Waals surface area contributed by atoms with E-state index in [1.54, 1.807) is 0 Å². The zero-order chi connectivity index (χ0) is 9.56. The first-order valence-corrected chi connectivity index (χ1v) is 3.78. The number of amides is 1. The Morgan fingerprint density at radius 2 is 2.17 bits per heavy atom. The lowest BCUT2D eigenvalue weighted by molar-refractivity contribution is -0.128. The molecule has 0 unspecified atom stereocenters. The second-order valence-electron chi connectivity index (χ2n) is 1.96. The van der Waals surface area contributed by atoms with Crippen molar-refractivity contribution in [3.8, 4) is 0 Å². The number of ketones is 1. The molecule has 0 fully saturated rings. The van der Waals surface area contributed by atoms with Crippen LogP contribution in [0.1, 0.15) is 0 Å². The Balaban J connectivity index is 3.92. The molecule has 12 heavy (non-hydrogen) atoms. The Morgan fingerprint density at radius 3 is 2.58 bits per heavy atom. The van der Waals surface area contributed by atoms with Crippen LogP contribution in [0.2, 0.25) is 0 Å². The Labute approximate surface area is 75.1 Å². The Bertz CT molecular complexity index is 195. The second kappa shape index (κ2) is 5.73. The van der Waals surface area contributed by atoms with E-state index in [4.69, 9.17) is 5.73 Å². The molecule has 0 saturated heterocycles. The van der Waals surface area contributed by atoms with Gasteiger partial charge >= 0.3 is 0 Å². The Morgan fingerprint density at radius 1 is 1.58 bits per heavy atom. The summed E-state index contributed by atoms with van der Waals surface area (Å²) in [7, 11) is 0. The van der Waals surface area contributed by atoms with Crippen molar-refractivity contribution in [2.45, 2.75) is 6.04 Å². The minimum absolute atomic E-state index is 0.0978. The summed E-state index contributed by atoms with van der Waals surface area (Å²) in [5.41, 5.74) is 5.17. The highest BCUT2D eigenvalue weighted by atomic mass is 32.1. The molecule has 1 atom stereocenters. The summed E-state index contributed by atoms with van der Waals surface area (Å²) >= 11 is 3.65. The van der Waals surface area contributed by atoms with Crippen LogP contribution in [0.25, 0.3) is 0 Å². The number of hydrogen-bond donors (Lipinski definition) is 3. The van der Waals surface area contributed by atoms with Gasteiger partial charge in [-0.15, -0.1) is 0 Å². The molecule has 0 aromatic carbocycles. The molecule has 6 heteroatoms. The van der Waals surface area contributed by atoms with Crippen molar-refractivity contribution in [1.29, 1.82) is 0 Å². The van der Waals surface area contributed by atoms with Crippen LogP contribution in [0, 0.1) is 0 Å². The van der Waals surface area contributed by atoms with Gasteiger partial charge in [-0.3, -0.25) is 14.4 Å². The Hall–Kier alpha value is -0.880. The van der Waals surface area contributed by atoms with Gasteiger partial charge in [0.2, 0.25) is 12.2 Å². The van der Waals surface area contributed by atoms with Crippen molar-refractivity contribution in [3.05, 3.63) is 0 Å². The number of carbonyl (C=O) groups is 2. The van der Waals surface area contributed by atoms with Gasteiger partial charge in [0.15, 0.2) is 5.78 Å². The van der Waals surface area contributed by atoms with Crippen LogP contribution in [0.3, 0.4) is 0 Å². The van der Waals surface area contributed by atoms with Crippen LogP contribution < -0.4 is 11.1 Å². The average molecular weight is 189 g/mol. The van der Waals surface area contributed by atoms with Crippen molar-refractivity contribution < 1.29 is 14.4 Å². The first kappa shape index (κ1) is 11.1. The van der Waals surface area contributed by atoms with Crippen LogP contribution in [0.5, 0.6) is 0 Å². The molecule has 67 valence electrons. The molecule has 0 aliphatic carbocycles. The van der Waals surface area contributed by atoms with Gasteiger partial charge in [0.25, 0.3) is 0 Å². The van der Waals surface area contributed by atoms with Crippen LogP contribution in [-0.2, 0) is 14.4 Å². The van der Waals surface area contributed by atoms with Gasteiger partial charge < -0.3 is 11.1 Å². The first-order valence-electron chi connectivity index (χ1n) is 3.15. The lowest BCUT2D eigenvalue weighted by Gasteiger charge is -2.06. The third kappa shape index (κ3) is 3.49. The third-order valence-electron chi connectivity index (χ3n) is 1.12. The second-order valence-corrected chi connectivity index (χ2v) is 2.28. The molecule has 0 bridgehead atoms. The average Bonchev–Trinajstić information content (AvgIpc) is 2.11. The molecular formula is C6H9N2O3S. The van der Waals surface area contributed by atoms with Gasteiger partial charge in [-0.05, 0) is 0 Å². The SMILES string of the molecule is N[C@@H](C(=O)CS)C(=O)NC[C]=O. The predicted octanol–water partition coefficient (Wildman–Crippen LogP) is -1.96. The quantitative estimate of drug-likeness (QED) is 0.346. The maximum atomic E-state index is 10.8. The fourth-order valence-corrected chi connectivity index (χ4v) is 0.674. The molecule has 1 radical (unpaired) electrons. The van der Waals surface area contributed by atoms with E-state index in [0.29, 0.717) is 0 Å². The summed E-state index contributed by atoms with van der Waals surface area (Å²) in [6.45, 7) is -0.258. The summed E-state index contributed by atoms with van der Waals surface area (Å²) < 4.78 is 0. The molecule has 0 aromatic heterocycles. The van der Waals surface area contributed by atoms with Crippen molar-refractivity contribution in [1.82, 2.24) is 5.32 Å². The standard InChI is InChI=1S/C6H9N2O3S/c7-5(4(10)3-12)6(11)8-1-2-9/h5,12H,1,3,7H2,(H,8,11)/t5-/m0/s1. The maximum absolute atomic E-state index is 10.8. The number of Topliss-reactive ketones (excluding diaryl/α,β-unsaturated/α-hetero) is 1. The molecule has 0 aromatic rings. The lowest BCUT2D eigenvalue weighted by atomic mass is 10.2. The number of nitrogens with one attached hydrogen (secondary N) is 1. The smallest absolute Gasteiger partial charge is 0.245 e. The third-order valence-corrected chi connectivity index (χ3v) is 1.43. The first-order chi connectivity index (χ1) is 5.63. The summed E-state index contributed by atoms with van der Waals surface area (Å²) in [5.74, 6) is -1.27.